The number of halogens is 2. The van der Waals surface area contributed by atoms with Crippen LogP contribution in [-0.4, -0.2) is 15.0 Å². The van der Waals surface area contributed by atoms with Gasteiger partial charge in [-0.1, -0.05) is 11.6 Å². The molecule has 0 unspecified atom stereocenters. The first-order valence-electron chi connectivity index (χ1n) is 3.62. The maximum Gasteiger partial charge on any atom is 0.164 e. The van der Waals surface area contributed by atoms with E-state index < -0.39 is 0 Å². The molecule has 0 saturated heterocycles. The van der Waals surface area contributed by atoms with E-state index >= 15 is 0 Å². The largest absolute Gasteiger partial charge is 0.235 e. The van der Waals surface area contributed by atoms with Gasteiger partial charge in [-0.05, 0) is 28.9 Å². The number of fused-ring (bicyclic) bond motifs is 1. The minimum absolute atomic E-state index is 0.441. The summed E-state index contributed by atoms with van der Waals surface area (Å²) in [5, 5.41) is 1.21. The second-order valence-corrected chi connectivity index (χ2v) is 3.86. The highest BCUT2D eigenvalue weighted by molar-refractivity contribution is 9.10. The van der Waals surface area contributed by atoms with Crippen LogP contribution in [0.3, 0.4) is 0 Å². The molecular weight excluding hydrogens is 253 g/mol. The minimum Gasteiger partial charge on any atom is -0.235 e. The Morgan fingerprint density at radius 3 is 2.92 bits per heavy atom. The van der Waals surface area contributed by atoms with E-state index in [2.05, 4.69) is 30.9 Å². The first kappa shape index (κ1) is 8.84. The fourth-order valence-electron chi connectivity index (χ4n) is 1.05. The van der Waals surface area contributed by atoms with Crippen molar-refractivity contribution in [3.63, 3.8) is 0 Å². The van der Waals surface area contributed by atoms with Gasteiger partial charge in [-0.25, -0.2) is 15.0 Å². The van der Waals surface area contributed by atoms with Crippen molar-refractivity contribution >= 4 is 38.6 Å². The molecule has 0 amide bonds. The van der Waals surface area contributed by atoms with Gasteiger partial charge < -0.3 is 0 Å². The van der Waals surface area contributed by atoms with Gasteiger partial charge in [-0.15, -0.1) is 0 Å². The van der Waals surface area contributed by atoms with Gasteiger partial charge in [0.2, 0.25) is 0 Å². The normalized spacial score (nSPS) is 10.7. The lowest BCUT2D eigenvalue weighted by atomic mass is 10.3. The van der Waals surface area contributed by atoms with Gasteiger partial charge in [0.05, 0.1) is 5.39 Å². The predicted octanol–water partition coefficient (Wildman–Crippen LogP) is 2.75. The Balaban J connectivity index is 2.87. The van der Waals surface area contributed by atoms with Crippen LogP contribution >= 0.6 is 27.5 Å². The van der Waals surface area contributed by atoms with Gasteiger partial charge in [-0.2, -0.15) is 0 Å². The molecule has 0 spiro atoms. The van der Waals surface area contributed by atoms with Gasteiger partial charge in [-0.3, -0.25) is 0 Å². The summed E-state index contributed by atoms with van der Waals surface area (Å²) in [5.41, 5.74) is 0.626. The summed E-state index contributed by atoms with van der Waals surface area (Å²) >= 11 is 9.23. The number of hydrogen-bond donors (Lipinski definition) is 0. The molecule has 0 aliphatic rings. The zero-order valence-electron chi connectivity index (χ0n) is 6.75. The molecule has 0 atom stereocenters. The zero-order chi connectivity index (χ0) is 9.42. The molecule has 0 fully saturated rings. The van der Waals surface area contributed by atoms with Crippen molar-refractivity contribution in [3.8, 4) is 0 Å². The average molecular weight is 259 g/mol. The van der Waals surface area contributed by atoms with E-state index in [1.165, 1.54) is 0 Å². The van der Waals surface area contributed by atoms with Crippen LogP contribution in [0.5, 0.6) is 0 Å². The van der Waals surface area contributed by atoms with E-state index in [-0.39, 0.29) is 0 Å². The van der Waals surface area contributed by atoms with Gasteiger partial charge in [0.25, 0.3) is 0 Å². The molecule has 66 valence electrons. The maximum absolute atomic E-state index is 5.92. The molecule has 2 aromatic rings. The standard InChI is InChI=1S/C8H5BrClN3/c1-4-12-7(10)6-2-5(9)3-11-8(6)13-4/h2-3H,1H3. The lowest BCUT2D eigenvalue weighted by Crippen LogP contribution is -1.92. The summed E-state index contributed by atoms with van der Waals surface area (Å²) in [4.78, 5) is 12.3. The Kier molecular flexibility index (Phi) is 2.17. The van der Waals surface area contributed by atoms with Crippen molar-refractivity contribution in [2.24, 2.45) is 0 Å². The number of aromatic nitrogens is 3. The van der Waals surface area contributed by atoms with Crippen molar-refractivity contribution < 1.29 is 0 Å². The van der Waals surface area contributed by atoms with Crippen LogP contribution < -0.4 is 0 Å². The van der Waals surface area contributed by atoms with Crippen LogP contribution in [0.2, 0.25) is 5.15 Å². The van der Waals surface area contributed by atoms with Gasteiger partial charge >= 0.3 is 0 Å². The van der Waals surface area contributed by atoms with Crippen LogP contribution in [0, 0.1) is 6.92 Å². The second kappa shape index (κ2) is 3.20. The highest BCUT2D eigenvalue weighted by atomic mass is 79.9. The molecule has 0 aliphatic heterocycles. The average Bonchev–Trinajstić information content (AvgIpc) is 2.06. The molecule has 13 heavy (non-hydrogen) atoms. The van der Waals surface area contributed by atoms with Crippen molar-refractivity contribution in [1.82, 2.24) is 15.0 Å². The molecule has 0 radical (unpaired) electrons. The van der Waals surface area contributed by atoms with Gasteiger partial charge in [0, 0.05) is 10.7 Å². The van der Waals surface area contributed by atoms with E-state index in [9.17, 15) is 0 Å². The lowest BCUT2D eigenvalue weighted by Gasteiger charge is -1.99. The number of hydrogen-bond acceptors (Lipinski definition) is 3. The Morgan fingerprint density at radius 1 is 1.38 bits per heavy atom. The molecule has 0 N–H and O–H groups in total. The molecular formula is C8H5BrClN3. The first-order chi connectivity index (χ1) is 6.16. The van der Waals surface area contributed by atoms with Crippen LogP contribution in [0.4, 0.5) is 0 Å². The Labute approximate surface area is 88.3 Å². The highest BCUT2D eigenvalue weighted by Crippen LogP contribution is 2.21. The third-order valence-corrected chi connectivity index (χ3v) is 2.30. The SMILES string of the molecule is Cc1nc(Cl)c2cc(Br)cnc2n1. The summed E-state index contributed by atoms with van der Waals surface area (Å²) in [6.07, 6.45) is 1.69. The van der Waals surface area contributed by atoms with Crippen LogP contribution in [0.1, 0.15) is 5.82 Å². The summed E-state index contributed by atoms with van der Waals surface area (Å²) < 4.78 is 0.870. The quantitative estimate of drug-likeness (QED) is 0.682. The molecule has 3 nitrogen and oxygen atoms in total. The van der Waals surface area contributed by atoms with Crippen molar-refractivity contribution in [2.75, 3.05) is 0 Å². The molecule has 2 rings (SSSR count). The lowest BCUT2D eigenvalue weighted by molar-refractivity contribution is 1.07. The summed E-state index contributed by atoms with van der Waals surface area (Å²) in [6, 6.07) is 1.85. The Hall–Kier alpha value is -0.740. The third-order valence-electron chi connectivity index (χ3n) is 1.58. The van der Waals surface area contributed by atoms with Crippen molar-refractivity contribution in [1.29, 1.82) is 0 Å². The van der Waals surface area contributed by atoms with Crippen LogP contribution in [0.15, 0.2) is 16.7 Å². The number of nitrogens with zero attached hydrogens (tertiary/aromatic N) is 3. The minimum atomic E-state index is 0.441. The van der Waals surface area contributed by atoms with E-state index in [0.717, 1.165) is 9.86 Å². The van der Waals surface area contributed by atoms with E-state index in [1.807, 2.05) is 6.07 Å². The summed E-state index contributed by atoms with van der Waals surface area (Å²) in [7, 11) is 0. The van der Waals surface area contributed by atoms with E-state index in [1.54, 1.807) is 13.1 Å². The monoisotopic (exact) mass is 257 g/mol. The maximum atomic E-state index is 5.92. The fraction of sp³-hybridized carbons (Fsp3) is 0.125. The van der Waals surface area contributed by atoms with Gasteiger partial charge in [0.1, 0.15) is 11.0 Å². The zero-order valence-corrected chi connectivity index (χ0v) is 9.09. The number of aryl methyl sites for hydroxylation is 1. The fourth-order valence-corrected chi connectivity index (χ4v) is 1.65. The van der Waals surface area contributed by atoms with Gasteiger partial charge in [0.15, 0.2) is 5.65 Å². The summed E-state index contributed by atoms with van der Waals surface area (Å²) in [6.45, 7) is 1.79. The third kappa shape index (κ3) is 1.64. The Bertz CT molecular complexity index is 472. The molecule has 0 saturated carbocycles. The predicted molar refractivity (Wildman–Crippen MR) is 54.8 cm³/mol. The van der Waals surface area contributed by atoms with Crippen molar-refractivity contribution in [3.05, 3.63) is 27.7 Å². The number of pyridine rings is 1. The van der Waals surface area contributed by atoms with Crippen molar-refractivity contribution in [2.45, 2.75) is 6.92 Å². The molecule has 2 heterocycles. The molecule has 5 heteroatoms. The molecule has 0 aliphatic carbocycles. The van der Waals surface area contributed by atoms with E-state index in [4.69, 9.17) is 11.6 Å². The molecule has 0 aromatic carbocycles. The van der Waals surface area contributed by atoms with Crippen LogP contribution in [-0.2, 0) is 0 Å². The number of rotatable bonds is 0. The summed E-state index contributed by atoms with van der Waals surface area (Å²) in [5.74, 6) is 0.632. The van der Waals surface area contributed by atoms with E-state index in [0.29, 0.717) is 16.6 Å². The molecule has 2 aromatic heterocycles. The second-order valence-electron chi connectivity index (χ2n) is 2.59. The highest BCUT2D eigenvalue weighted by Gasteiger charge is 2.04. The van der Waals surface area contributed by atoms with Crippen LogP contribution in [0.25, 0.3) is 11.0 Å². The Morgan fingerprint density at radius 2 is 2.15 bits per heavy atom. The molecule has 0 bridgehead atoms. The topological polar surface area (TPSA) is 38.7 Å². The smallest absolute Gasteiger partial charge is 0.164 e. The first-order valence-corrected chi connectivity index (χ1v) is 4.79.